The summed E-state index contributed by atoms with van der Waals surface area (Å²) in [5.74, 6) is 0. The summed E-state index contributed by atoms with van der Waals surface area (Å²) >= 11 is 0. The van der Waals surface area contributed by atoms with Gasteiger partial charge in [-0.15, -0.1) is 6.58 Å². The molecule has 1 heteroatoms. The van der Waals surface area contributed by atoms with Crippen LogP contribution in [0, 0.1) is 0 Å². The number of aliphatic hydroxyl groups is 1. The van der Waals surface area contributed by atoms with Gasteiger partial charge in [-0.1, -0.05) is 68.0 Å². The van der Waals surface area contributed by atoms with Gasteiger partial charge in [-0.25, -0.2) is 0 Å². The summed E-state index contributed by atoms with van der Waals surface area (Å²) in [5.41, 5.74) is 4.63. The first-order chi connectivity index (χ1) is 9.24. The van der Waals surface area contributed by atoms with Gasteiger partial charge in [0.05, 0.1) is 6.10 Å². The molecule has 0 aliphatic carbocycles. The van der Waals surface area contributed by atoms with Gasteiger partial charge < -0.3 is 5.11 Å². The molecule has 1 unspecified atom stereocenters. The smallest absolute Gasteiger partial charge is 0.0969 e. The summed E-state index contributed by atoms with van der Waals surface area (Å²) in [7, 11) is 0. The lowest BCUT2D eigenvalue weighted by Crippen LogP contribution is -1.91. The van der Waals surface area contributed by atoms with Crippen molar-refractivity contribution in [1.82, 2.24) is 0 Å². The van der Waals surface area contributed by atoms with Gasteiger partial charge in [-0.05, 0) is 28.7 Å². The molecule has 0 amide bonds. The predicted molar refractivity (Wildman–Crippen MR) is 81.0 cm³/mol. The summed E-state index contributed by atoms with van der Waals surface area (Å²) < 4.78 is 0. The van der Waals surface area contributed by atoms with Crippen LogP contribution in [0.25, 0.3) is 11.1 Å². The van der Waals surface area contributed by atoms with Crippen molar-refractivity contribution in [3.63, 3.8) is 0 Å². The van der Waals surface area contributed by atoms with E-state index in [4.69, 9.17) is 0 Å². The molecular weight excluding hydrogens is 232 g/mol. The summed E-state index contributed by atoms with van der Waals surface area (Å²) in [6.07, 6.45) is 3.26. The SMILES string of the molecule is C=CC(O)c1ccc(-c2ccc(CCC)cc2)cc1. The third-order valence-electron chi connectivity index (χ3n) is 3.30. The van der Waals surface area contributed by atoms with Crippen LogP contribution in [0.1, 0.15) is 30.6 Å². The molecule has 0 heterocycles. The first-order valence-corrected chi connectivity index (χ1v) is 6.74. The Labute approximate surface area is 115 Å². The Kier molecular flexibility index (Phi) is 4.53. The van der Waals surface area contributed by atoms with Gasteiger partial charge in [-0.3, -0.25) is 0 Å². The monoisotopic (exact) mass is 252 g/mol. The summed E-state index contributed by atoms with van der Waals surface area (Å²) in [4.78, 5) is 0. The molecule has 0 saturated heterocycles. The van der Waals surface area contributed by atoms with Gasteiger partial charge in [0.15, 0.2) is 0 Å². The summed E-state index contributed by atoms with van der Waals surface area (Å²) in [6, 6.07) is 16.7. The Balaban J connectivity index is 2.19. The highest BCUT2D eigenvalue weighted by Gasteiger charge is 2.03. The van der Waals surface area contributed by atoms with Crippen molar-refractivity contribution in [3.8, 4) is 11.1 Å². The minimum absolute atomic E-state index is 0.582. The molecule has 2 rings (SSSR count). The second kappa shape index (κ2) is 6.35. The highest BCUT2D eigenvalue weighted by atomic mass is 16.3. The zero-order valence-electron chi connectivity index (χ0n) is 11.3. The van der Waals surface area contributed by atoms with Crippen LogP contribution in [0.4, 0.5) is 0 Å². The minimum atomic E-state index is -0.582. The molecule has 0 aliphatic heterocycles. The molecule has 1 atom stereocenters. The van der Waals surface area contributed by atoms with E-state index in [1.165, 1.54) is 29.2 Å². The van der Waals surface area contributed by atoms with Gasteiger partial charge >= 0.3 is 0 Å². The highest BCUT2D eigenvalue weighted by molar-refractivity contribution is 5.64. The lowest BCUT2D eigenvalue weighted by molar-refractivity contribution is 0.229. The molecule has 0 aliphatic rings. The second-order valence-electron chi connectivity index (χ2n) is 4.75. The van der Waals surface area contributed by atoms with E-state index in [0.29, 0.717) is 0 Å². The Morgan fingerprint density at radius 2 is 1.53 bits per heavy atom. The van der Waals surface area contributed by atoms with E-state index in [9.17, 15) is 5.11 Å². The number of aryl methyl sites for hydroxylation is 1. The van der Waals surface area contributed by atoms with E-state index in [1.54, 1.807) is 0 Å². The molecule has 98 valence electrons. The average molecular weight is 252 g/mol. The molecule has 19 heavy (non-hydrogen) atoms. The Bertz CT molecular complexity index is 523. The predicted octanol–water partition coefficient (Wildman–Crippen LogP) is 4.53. The fourth-order valence-corrected chi connectivity index (χ4v) is 2.16. The maximum Gasteiger partial charge on any atom is 0.0969 e. The van der Waals surface area contributed by atoms with Crippen LogP contribution in [0.3, 0.4) is 0 Å². The Hall–Kier alpha value is -1.86. The lowest BCUT2D eigenvalue weighted by atomic mass is 10.00. The number of rotatable bonds is 5. The van der Waals surface area contributed by atoms with Crippen LogP contribution < -0.4 is 0 Å². The van der Waals surface area contributed by atoms with Gasteiger partial charge in [0.1, 0.15) is 0 Å². The van der Waals surface area contributed by atoms with Crippen molar-refractivity contribution in [2.45, 2.75) is 25.9 Å². The fourth-order valence-electron chi connectivity index (χ4n) is 2.16. The maximum atomic E-state index is 9.67. The number of hydrogen-bond donors (Lipinski definition) is 1. The quantitative estimate of drug-likeness (QED) is 0.775. The number of aliphatic hydroxyl groups excluding tert-OH is 1. The molecule has 2 aromatic carbocycles. The first-order valence-electron chi connectivity index (χ1n) is 6.74. The van der Waals surface area contributed by atoms with Crippen molar-refractivity contribution in [2.75, 3.05) is 0 Å². The van der Waals surface area contributed by atoms with E-state index in [1.807, 2.05) is 24.3 Å². The van der Waals surface area contributed by atoms with Crippen LogP contribution in [0.2, 0.25) is 0 Å². The summed E-state index contributed by atoms with van der Waals surface area (Å²) in [6.45, 7) is 5.79. The molecular formula is C18H20O. The highest BCUT2D eigenvalue weighted by Crippen LogP contribution is 2.23. The molecule has 2 aromatic rings. The fraction of sp³-hybridized carbons (Fsp3) is 0.222. The van der Waals surface area contributed by atoms with Crippen LogP contribution in [-0.2, 0) is 6.42 Å². The molecule has 0 saturated carbocycles. The Morgan fingerprint density at radius 3 is 2.00 bits per heavy atom. The third-order valence-corrected chi connectivity index (χ3v) is 3.30. The van der Waals surface area contributed by atoms with E-state index < -0.39 is 6.10 Å². The topological polar surface area (TPSA) is 20.2 Å². The van der Waals surface area contributed by atoms with Crippen LogP contribution in [-0.4, -0.2) is 5.11 Å². The average Bonchev–Trinajstić information content (AvgIpc) is 2.48. The van der Waals surface area contributed by atoms with E-state index in [-0.39, 0.29) is 0 Å². The van der Waals surface area contributed by atoms with Crippen molar-refractivity contribution in [2.24, 2.45) is 0 Å². The molecule has 0 aromatic heterocycles. The second-order valence-corrected chi connectivity index (χ2v) is 4.75. The molecule has 1 nitrogen and oxygen atoms in total. The molecule has 0 spiro atoms. The largest absolute Gasteiger partial charge is 0.384 e. The molecule has 0 bridgehead atoms. The van der Waals surface area contributed by atoms with E-state index in [0.717, 1.165) is 12.0 Å². The van der Waals surface area contributed by atoms with Crippen molar-refractivity contribution in [3.05, 3.63) is 72.3 Å². The molecule has 0 fully saturated rings. The maximum absolute atomic E-state index is 9.67. The van der Waals surface area contributed by atoms with Crippen LogP contribution >= 0.6 is 0 Å². The van der Waals surface area contributed by atoms with E-state index >= 15 is 0 Å². The van der Waals surface area contributed by atoms with Crippen molar-refractivity contribution >= 4 is 0 Å². The normalized spacial score (nSPS) is 12.1. The van der Waals surface area contributed by atoms with Crippen LogP contribution in [0.5, 0.6) is 0 Å². The molecule has 0 radical (unpaired) electrons. The number of hydrogen-bond acceptors (Lipinski definition) is 1. The molecule has 1 N–H and O–H groups in total. The third kappa shape index (κ3) is 3.33. The standard InChI is InChI=1S/C18H20O/c1-3-5-14-6-8-15(9-7-14)16-10-12-17(13-11-16)18(19)4-2/h4,6-13,18-19H,2-3,5H2,1H3. The van der Waals surface area contributed by atoms with Crippen molar-refractivity contribution in [1.29, 1.82) is 0 Å². The van der Waals surface area contributed by atoms with Crippen molar-refractivity contribution < 1.29 is 5.11 Å². The van der Waals surface area contributed by atoms with Gasteiger partial charge in [0.2, 0.25) is 0 Å². The van der Waals surface area contributed by atoms with E-state index in [2.05, 4.69) is 37.8 Å². The van der Waals surface area contributed by atoms with Gasteiger partial charge in [0.25, 0.3) is 0 Å². The zero-order chi connectivity index (χ0) is 13.7. The minimum Gasteiger partial charge on any atom is -0.384 e. The van der Waals surface area contributed by atoms with Gasteiger partial charge in [-0.2, -0.15) is 0 Å². The van der Waals surface area contributed by atoms with Crippen LogP contribution in [0.15, 0.2) is 61.2 Å². The van der Waals surface area contributed by atoms with Gasteiger partial charge in [0, 0.05) is 0 Å². The summed E-state index contributed by atoms with van der Waals surface area (Å²) in [5, 5.41) is 9.67. The lowest BCUT2D eigenvalue weighted by Gasteiger charge is -2.08. The number of benzene rings is 2. The first kappa shape index (κ1) is 13.6. The zero-order valence-corrected chi connectivity index (χ0v) is 11.3. The Morgan fingerprint density at radius 1 is 1.00 bits per heavy atom.